The van der Waals surface area contributed by atoms with E-state index in [2.05, 4.69) is 31.3 Å². The number of rotatable bonds is 8. The molecular weight excluding hydrogens is 282 g/mol. The highest BCUT2D eigenvalue weighted by Crippen LogP contribution is 2.43. The standard InChI is InChI=1S/C17H25NO2S/c1-4-20-16(19)17(14-10-11-14,18-13(2)3)12-21-15-8-6-5-7-9-15/h5-9,13-14,18H,4,10-12H2,1-3H3. The first-order valence-corrected chi connectivity index (χ1v) is 8.70. The number of carbonyl (C=O) groups is 1. The first-order chi connectivity index (χ1) is 10.1. The Balaban J connectivity index is 2.15. The van der Waals surface area contributed by atoms with E-state index in [1.807, 2.05) is 25.1 Å². The molecule has 1 aliphatic carbocycles. The largest absolute Gasteiger partial charge is 0.465 e. The molecule has 0 amide bonds. The van der Waals surface area contributed by atoms with E-state index in [1.165, 1.54) is 4.90 Å². The minimum absolute atomic E-state index is 0.0929. The van der Waals surface area contributed by atoms with Crippen LogP contribution in [-0.2, 0) is 9.53 Å². The molecule has 2 rings (SSSR count). The lowest BCUT2D eigenvalue weighted by Gasteiger charge is -2.34. The van der Waals surface area contributed by atoms with E-state index >= 15 is 0 Å². The number of esters is 1. The minimum Gasteiger partial charge on any atom is -0.465 e. The first-order valence-electron chi connectivity index (χ1n) is 7.71. The van der Waals surface area contributed by atoms with E-state index in [4.69, 9.17) is 4.74 Å². The number of hydrogen-bond acceptors (Lipinski definition) is 4. The quantitative estimate of drug-likeness (QED) is 0.589. The van der Waals surface area contributed by atoms with Gasteiger partial charge in [-0.2, -0.15) is 0 Å². The molecule has 1 aromatic carbocycles. The van der Waals surface area contributed by atoms with E-state index in [0.29, 0.717) is 12.5 Å². The zero-order valence-corrected chi connectivity index (χ0v) is 13.9. The van der Waals surface area contributed by atoms with Crippen molar-refractivity contribution < 1.29 is 9.53 Å². The molecule has 0 aromatic heterocycles. The summed E-state index contributed by atoms with van der Waals surface area (Å²) in [6, 6.07) is 10.5. The molecule has 1 fully saturated rings. The van der Waals surface area contributed by atoms with E-state index in [9.17, 15) is 4.79 Å². The van der Waals surface area contributed by atoms with Gasteiger partial charge in [0.05, 0.1) is 6.61 Å². The molecule has 1 atom stereocenters. The van der Waals surface area contributed by atoms with Gasteiger partial charge in [-0.15, -0.1) is 11.8 Å². The normalized spacial score (nSPS) is 17.5. The molecule has 3 nitrogen and oxygen atoms in total. The Morgan fingerprint density at radius 3 is 2.57 bits per heavy atom. The van der Waals surface area contributed by atoms with Crippen LogP contribution in [0.5, 0.6) is 0 Å². The number of benzene rings is 1. The summed E-state index contributed by atoms with van der Waals surface area (Å²) in [5, 5.41) is 3.51. The predicted molar refractivity (Wildman–Crippen MR) is 87.5 cm³/mol. The average Bonchev–Trinajstić information content (AvgIpc) is 3.29. The second kappa shape index (κ2) is 7.32. The number of ether oxygens (including phenoxy) is 1. The Kier molecular flexibility index (Phi) is 5.71. The second-order valence-corrected chi connectivity index (χ2v) is 6.92. The third kappa shape index (κ3) is 4.24. The maximum Gasteiger partial charge on any atom is 0.327 e. The fourth-order valence-corrected chi connectivity index (χ4v) is 3.81. The van der Waals surface area contributed by atoms with Gasteiger partial charge in [0, 0.05) is 16.7 Å². The highest BCUT2D eigenvalue weighted by Gasteiger charge is 2.52. The summed E-state index contributed by atoms with van der Waals surface area (Å²) in [5.74, 6) is 1.03. The molecule has 116 valence electrons. The summed E-state index contributed by atoms with van der Waals surface area (Å²) in [6.07, 6.45) is 2.21. The number of hydrogen-bond donors (Lipinski definition) is 1. The van der Waals surface area contributed by atoms with Crippen molar-refractivity contribution in [1.82, 2.24) is 5.32 Å². The maximum absolute atomic E-state index is 12.6. The number of carbonyl (C=O) groups excluding carboxylic acids is 1. The Bertz CT molecular complexity index is 459. The molecule has 1 N–H and O–H groups in total. The summed E-state index contributed by atoms with van der Waals surface area (Å²) in [5.41, 5.74) is -0.551. The monoisotopic (exact) mass is 307 g/mol. The average molecular weight is 307 g/mol. The molecule has 1 unspecified atom stereocenters. The highest BCUT2D eigenvalue weighted by molar-refractivity contribution is 7.99. The molecular formula is C17H25NO2S. The fourth-order valence-electron chi connectivity index (χ4n) is 2.63. The molecule has 0 radical (unpaired) electrons. The topological polar surface area (TPSA) is 38.3 Å². The second-order valence-electron chi connectivity index (χ2n) is 5.87. The van der Waals surface area contributed by atoms with Crippen LogP contribution in [0.1, 0.15) is 33.6 Å². The van der Waals surface area contributed by atoms with E-state index in [0.717, 1.165) is 18.6 Å². The molecule has 4 heteroatoms. The van der Waals surface area contributed by atoms with Crippen molar-refractivity contribution in [2.24, 2.45) is 5.92 Å². The number of nitrogens with one attached hydrogen (secondary N) is 1. The van der Waals surface area contributed by atoms with Crippen LogP contribution >= 0.6 is 11.8 Å². The van der Waals surface area contributed by atoms with Gasteiger partial charge in [-0.25, -0.2) is 0 Å². The number of thioether (sulfide) groups is 1. The summed E-state index contributed by atoms with van der Waals surface area (Å²) < 4.78 is 5.38. The fraction of sp³-hybridized carbons (Fsp3) is 0.588. The zero-order chi connectivity index (χ0) is 15.3. The lowest BCUT2D eigenvalue weighted by molar-refractivity contribution is -0.151. The van der Waals surface area contributed by atoms with Crippen molar-refractivity contribution in [2.75, 3.05) is 12.4 Å². The van der Waals surface area contributed by atoms with E-state index in [1.54, 1.807) is 11.8 Å². The molecule has 0 saturated heterocycles. The van der Waals surface area contributed by atoms with Crippen molar-refractivity contribution in [3.05, 3.63) is 30.3 Å². The minimum atomic E-state index is -0.551. The molecule has 0 spiro atoms. The van der Waals surface area contributed by atoms with Crippen LogP contribution in [-0.4, -0.2) is 29.9 Å². The summed E-state index contributed by atoms with van der Waals surface area (Å²) >= 11 is 1.73. The van der Waals surface area contributed by atoms with Crippen molar-refractivity contribution >= 4 is 17.7 Å². The molecule has 0 heterocycles. The van der Waals surface area contributed by atoms with Gasteiger partial charge in [0.1, 0.15) is 5.54 Å². The van der Waals surface area contributed by atoms with Gasteiger partial charge in [-0.05, 0) is 51.7 Å². The Morgan fingerprint density at radius 2 is 2.05 bits per heavy atom. The molecule has 0 aliphatic heterocycles. The summed E-state index contributed by atoms with van der Waals surface area (Å²) in [4.78, 5) is 13.8. The van der Waals surface area contributed by atoms with E-state index in [-0.39, 0.29) is 12.0 Å². The van der Waals surface area contributed by atoms with Crippen LogP contribution in [0.25, 0.3) is 0 Å². The van der Waals surface area contributed by atoms with Gasteiger partial charge in [-0.3, -0.25) is 10.1 Å². The van der Waals surface area contributed by atoms with Gasteiger partial charge in [0.15, 0.2) is 0 Å². The first kappa shape index (κ1) is 16.4. The van der Waals surface area contributed by atoms with Crippen LogP contribution < -0.4 is 5.32 Å². The molecule has 1 saturated carbocycles. The third-order valence-electron chi connectivity index (χ3n) is 3.67. The molecule has 1 aliphatic rings. The SMILES string of the molecule is CCOC(=O)C(CSc1ccccc1)(NC(C)C)C1CC1. The van der Waals surface area contributed by atoms with Gasteiger partial charge in [-0.1, -0.05) is 18.2 Å². The van der Waals surface area contributed by atoms with Crippen LogP contribution in [0, 0.1) is 5.92 Å². The van der Waals surface area contributed by atoms with Crippen molar-refractivity contribution in [2.45, 2.75) is 50.1 Å². The Labute approximate surface area is 131 Å². The Morgan fingerprint density at radius 1 is 1.38 bits per heavy atom. The molecule has 0 bridgehead atoms. The summed E-state index contributed by atoms with van der Waals surface area (Å²) in [6.45, 7) is 6.48. The lowest BCUT2D eigenvalue weighted by atomic mass is 9.94. The van der Waals surface area contributed by atoms with Crippen LogP contribution in [0.2, 0.25) is 0 Å². The van der Waals surface area contributed by atoms with Crippen molar-refractivity contribution in [1.29, 1.82) is 0 Å². The van der Waals surface area contributed by atoms with Gasteiger partial charge >= 0.3 is 5.97 Å². The maximum atomic E-state index is 12.6. The Hall–Kier alpha value is -1.00. The molecule has 1 aromatic rings. The van der Waals surface area contributed by atoms with Gasteiger partial charge in [0.2, 0.25) is 0 Å². The highest BCUT2D eigenvalue weighted by atomic mass is 32.2. The third-order valence-corrected chi connectivity index (χ3v) is 4.88. The van der Waals surface area contributed by atoms with E-state index < -0.39 is 5.54 Å². The summed E-state index contributed by atoms with van der Waals surface area (Å²) in [7, 11) is 0. The van der Waals surface area contributed by atoms with Crippen LogP contribution in [0.4, 0.5) is 0 Å². The lowest BCUT2D eigenvalue weighted by Crippen LogP contribution is -2.59. The zero-order valence-electron chi connectivity index (χ0n) is 13.1. The molecule has 21 heavy (non-hydrogen) atoms. The van der Waals surface area contributed by atoms with Crippen LogP contribution in [0.3, 0.4) is 0 Å². The van der Waals surface area contributed by atoms with Gasteiger partial charge < -0.3 is 4.74 Å². The van der Waals surface area contributed by atoms with Crippen LogP contribution in [0.15, 0.2) is 35.2 Å². The van der Waals surface area contributed by atoms with Gasteiger partial charge in [0.25, 0.3) is 0 Å². The smallest absolute Gasteiger partial charge is 0.327 e. The van der Waals surface area contributed by atoms with Crippen molar-refractivity contribution in [3.63, 3.8) is 0 Å². The predicted octanol–water partition coefficient (Wildman–Crippen LogP) is 3.49. The van der Waals surface area contributed by atoms with Crippen molar-refractivity contribution in [3.8, 4) is 0 Å².